The van der Waals surface area contributed by atoms with Gasteiger partial charge in [0.15, 0.2) is 35.4 Å². The summed E-state index contributed by atoms with van der Waals surface area (Å²) in [6.07, 6.45) is -12.6. The molecular weight excluding hydrogens is 884 g/mol. The maximum Gasteiger partial charge on any atom is 0.342 e. The van der Waals surface area contributed by atoms with Crippen LogP contribution in [0.15, 0.2) is 27.4 Å². The van der Waals surface area contributed by atoms with E-state index in [0.29, 0.717) is 12.0 Å². The molecule has 9 rings (SSSR count). The van der Waals surface area contributed by atoms with Crippen molar-refractivity contribution in [3.8, 4) is 39.9 Å². The molecule has 3 fully saturated rings. The van der Waals surface area contributed by atoms with Crippen LogP contribution in [0.25, 0.3) is 33.1 Å². The van der Waals surface area contributed by atoms with Crippen LogP contribution in [0.4, 0.5) is 0 Å². The fraction of sp³-hybridized carbons (Fsp3) is 0.574. The molecule has 15 atom stereocenters. The van der Waals surface area contributed by atoms with Gasteiger partial charge in [-0.05, 0) is 50.5 Å². The lowest BCUT2D eigenvalue weighted by atomic mass is 9.77. The Morgan fingerprint density at radius 3 is 2.01 bits per heavy atom. The molecule has 1 aliphatic carbocycles. The van der Waals surface area contributed by atoms with Crippen LogP contribution in [0, 0.1) is 0 Å². The summed E-state index contributed by atoms with van der Waals surface area (Å²) in [6.45, 7) is 6.97. The summed E-state index contributed by atoms with van der Waals surface area (Å²) in [7, 11) is 2.70. The van der Waals surface area contributed by atoms with Crippen molar-refractivity contribution in [2.75, 3.05) is 14.2 Å². The highest BCUT2D eigenvalue weighted by Crippen LogP contribution is 2.58. The third-order valence-corrected chi connectivity index (χ3v) is 13.6. The number of ether oxygens (including phenoxy) is 9. The van der Waals surface area contributed by atoms with Crippen LogP contribution in [0.3, 0.4) is 0 Å². The number of phenolic OH excluding ortho intramolecular Hbond substituents is 3. The molecule has 20 nitrogen and oxygen atoms in total. The van der Waals surface area contributed by atoms with Crippen LogP contribution >= 0.6 is 0 Å². The highest BCUT2D eigenvalue weighted by Gasteiger charge is 2.47. The number of benzene rings is 3. The average molecular weight is 941 g/mol. The Hall–Kier alpha value is -4.84. The van der Waals surface area contributed by atoms with Gasteiger partial charge < -0.3 is 87.9 Å². The van der Waals surface area contributed by atoms with Gasteiger partial charge in [-0.1, -0.05) is 19.4 Å². The van der Waals surface area contributed by atoms with Gasteiger partial charge in [-0.3, -0.25) is 4.79 Å². The summed E-state index contributed by atoms with van der Waals surface area (Å²) >= 11 is 0. The Bertz CT molecular complexity index is 2590. The standard InChI is InChI=1S/C47H56O20/c1-7-8-20-11-19-12-21-31(39(53)30(19)47(57)63-20)33-34(42(56)37(21)51)45(59-6)46-35(41(33)55)40(54)32-24(65-46)9-10-25(38(32)52)64-27-13-22(48)43(17(3)61-27)66-28-14-23(49)44(18(4)62-28)67-29-15-26(58-5)36(50)16(2)60-29/h9-10,12,16-18,20,22-23,26-29,36-37,42-44,48-53,55-56H,7-8,11,13-15H2,1-6H3/t16-,17-,18-,20-,22-,23-,26-,27+,28+,29+,36-,37-,42-,43-,44-/m1/s1. The number of carbonyl (C=O) groups excluding carboxylic acids is 1. The van der Waals surface area contributed by atoms with E-state index < -0.39 is 132 Å². The minimum absolute atomic E-state index is 0.0116. The van der Waals surface area contributed by atoms with Crippen molar-refractivity contribution >= 4 is 27.9 Å². The highest BCUT2D eigenvalue weighted by molar-refractivity contribution is 6.07. The second-order valence-corrected chi connectivity index (χ2v) is 18.0. The molecule has 8 N–H and O–H groups in total. The number of aromatic hydroxyl groups is 3. The number of hydrogen-bond donors (Lipinski definition) is 8. The summed E-state index contributed by atoms with van der Waals surface area (Å²) < 4.78 is 58.8. The molecule has 364 valence electrons. The third kappa shape index (κ3) is 8.04. The molecule has 4 aliphatic heterocycles. The molecule has 1 aromatic heterocycles. The van der Waals surface area contributed by atoms with Gasteiger partial charge in [0.1, 0.15) is 70.0 Å². The molecule has 3 saturated heterocycles. The van der Waals surface area contributed by atoms with E-state index >= 15 is 0 Å². The summed E-state index contributed by atoms with van der Waals surface area (Å²) in [5, 5.41) is 90.2. The largest absolute Gasteiger partial charge is 0.506 e. The van der Waals surface area contributed by atoms with Crippen molar-refractivity contribution in [1.82, 2.24) is 0 Å². The van der Waals surface area contributed by atoms with Gasteiger partial charge in [0.05, 0.1) is 43.7 Å². The van der Waals surface area contributed by atoms with Gasteiger partial charge in [-0.2, -0.15) is 0 Å². The Kier molecular flexibility index (Phi) is 12.9. The molecule has 5 heterocycles. The number of carbonyl (C=O) groups is 1. The number of aliphatic hydroxyl groups excluding tert-OH is 5. The molecule has 3 aromatic carbocycles. The molecule has 0 amide bonds. The molecule has 0 unspecified atom stereocenters. The first-order valence-corrected chi connectivity index (χ1v) is 22.5. The number of fused-ring (bicyclic) bond motifs is 6. The Labute approximate surface area is 383 Å². The minimum Gasteiger partial charge on any atom is -0.506 e. The van der Waals surface area contributed by atoms with E-state index in [2.05, 4.69) is 0 Å². The maximum absolute atomic E-state index is 14.5. The lowest BCUT2D eigenvalue weighted by Crippen LogP contribution is -2.56. The Balaban J connectivity index is 0.960. The van der Waals surface area contributed by atoms with Crippen molar-refractivity contribution in [2.24, 2.45) is 0 Å². The molecule has 5 aliphatic rings. The summed E-state index contributed by atoms with van der Waals surface area (Å²) in [5.74, 6) is -3.48. The number of methoxy groups -OCH3 is 2. The number of cyclic esters (lactones) is 1. The van der Waals surface area contributed by atoms with Crippen LogP contribution in [-0.2, 0) is 39.6 Å². The molecule has 0 spiro atoms. The van der Waals surface area contributed by atoms with Crippen LogP contribution in [-0.4, -0.2) is 141 Å². The minimum atomic E-state index is -1.76. The fourth-order valence-corrected chi connectivity index (χ4v) is 10.3. The highest BCUT2D eigenvalue weighted by atomic mass is 16.7. The first-order chi connectivity index (χ1) is 31.9. The van der Waals surface area contributed by atoms with Crippen LogP contribution in [0.1, 0.15) is 99.1 Å². The van der Waals surface area contributed by atoms with Crippen molar-refractivity contribution in [3.63, 3.8) is 0 Å². The first kappa shape index (κ1) is 47.2. The lowest BCUT2D eigenvalue weighted by Gasteiger charge is -2.44. The molecule has 67 heavy (non-hydrogen) atoms. The monoisotopic (exact) mass is 940 g/mol. The zero-order chi connectivity index (χ0) is 47.9. The maximum atomic E-state index is 14.5. The van der Waals surface area contributed by atoms with Gasteiger partial charge in [0.2, 0.25) is 11.7 Å². The Morgan fingerprint density at radius 2 is 1.37 bits per heavy atom. The summed E-state index contributed by atoms with van der Waals surface area (Å²) in [5.41, 5.74) is -2.11. The van der Waals surface area contributed by atoms with Crippen molar-refractivity contribution in [2.45, 2.75) is 158 Å². The van der Waals surface area contributed by atoms with Gasteiger partial charge in [0, 0.05) is 49.5 Å². The molecule has 4 aromatic rings. The lowest BCUT2D eigenvalue weighted by molar-refractivity contribution is -0.331. The van der Waals surface area contributed by atoms with E-state index in [1.54, 1.807) is 20.8 Å². The quantitative estimate of drug-likeness (QED) is 0.0835. The predicted molar refractivity (Wildman–Crippen MR) is 231 cm³/mol. The van der Waals surface area contributed by atoms with Crippen LogP contribution in [0.5, 0.6) is 28.7 Å². The average Bonchev–Trinajstić information content (AvgIpc) is 3.27. The van der Waals surface area contributed by atoms with E-state index in [1.807, 2.05) is 6.92 Å². The van der Waals surface area contributed by atoms with E-state index in [9.17, 15) is 50.4 Å². The molecular formula is C47H56O20. The van der Waals surface area contributed by atoms with Crippen molar-refractivity contribution < 1.29 is 92.7 Å². The second kappa shape index (κ2) is 18.2. The van der Waals surface area contributed by atoms with Gasteiger partial charge in [0.25, 0.3) is 0 Å². The zero-order valence-corrected chi connectivity index (χ0v) is 37.6. The van der Waals surface area contributed by atoms with E-state index in [1.165, 1.54) is 32.4 Å². The topological polar surface area (TPSA) is 292 Å². The number of hydrogen-bond acceptors (Lipinski definition) is 20. The molecule has 0 bridgehead atoms. The van der Waals surface area contributed by atoms with Crippen molar-refractivity contribution in [1.29, 1.82) is 0 Å². The number of aliphatic hydroxyl groups is 5. The van der Waals surface area contributed by atoms with E-state index in [0.717, 1.165) is 6.42 Å². The smallest absolute Gasteiger partial charge is 0.342 e. The van der Waals surface area contributed by atoms with Gasteiger partial charge in [-0.15, -0.1) is 0 Å². The van der Waals surface area contributed by atoms with Crippen molar-refractivity contribution in [3.05, 3.63) is 50.7 Å². The molecule has 0 radical (unpaired) electrons. The summed E-state index contributed by atoms with van der Waals surface area (Å²) in [4.78, 5) is 27.8. The molecule has 0 saturated carbocycles. The van der Waals surface area contributed by atoms with Gasteiger partial charge in [-0.25, -0.2) is 4.79 Å². The SMILES string of the molecule is CCC[C@@H]1Cc2cc3c(c(O)c2C(=O)O1)-c1c(c(OC)c2oc4ccc(O[C@H]5C[C@@H](O)[C@H](O[C@H]6C[C@@H](O)[C@H](O[C@H]7C[C@@H](OC)[C@H](O)[C@@H](C)O7)[C@@H](C)O6)[C@@H](C)O5)c(O)c4c(=O)c2c1O)[C@@H](O)[C@@H]3O. The number of phenols is 3. The number of rotatable bonds is 10. The van der Waals surface area contributed by atoms with E-state index in [4.69, 9.17) is 47.0 Å². The normalized spacial score (nSPS) is 34.0. The van der Waals surface area contributed by atoms with Gasteiger partial charge >= 0.3 is 5.97 Å². The van der Waals surface area contributed by atoms with Crippen LogP contribution in [0.2, 0.25) is 0 Å². The summed E-state index contributed by atoms with van der Waals surface area (Å²) in [6, 6.07) is 4.09. The zero-order valence-electron chi connectivity index (χ0n) is 37.6. The second-order valence-electron chi connectivity index (χ2n) is 18.0. The first-order valence-electron chi connectivity index (χ1n) is 22.5. The Morgan fingerprint density at radius 1 is 0.731 bits per heavy atom. The number of esters is 1. The predicted octanol–water partition coefficient (Wildman–Crippen LogP) is 3.35. The third-order valence-electron chi connectivity index (χ3n) is 13.6. The fourth-order valence-electron chi connectivity index (χ4n) is 10.3. The van der Waals surface area contributed by atoms with Crippen LogP contribution < -0.4 is 14.9 Å². The molecule has 20 heteroatoms. The van der Waals surface area contributed by atoms with E-state index in [-0.39, 0.29) is 76.2 Å².